The number of hydrogen-bond donors (Lipinski definition) is 0. The van der Waals surface area contributed by atoms with Gasteiger partial charge in [-0.25, -0.2) is 0 Å². The Hall–Kier alpha value is -3.06. The number of carbonyl (C=O) groups is 1. The smallest absolute Gasteiger partial charge is 0.185 e. The third-order valence-corrected chi connectivity index (χ3v) is 3.24. The molecule has 0 saturated carbocycles. The fourth-order valence-corrected chi connectivity index (χ4v) is 2.00. The number of nitrogens with zero attached hydrogens (tertiary/aromatic N) is 1. The Kier molecular flexibility index (Phi) is 5.54. The molecule has 0 N–H and O–H groups in total. The van der Waals surface area contributed by atoms with E-state index in [1.165, 1.54) is 13.2 Å². The van der Waals surface area contributed by atoms with Crippen LogP contribution in [0, 0.1) is 18.3 Å². The highest BCUT2D eigenvalue weighted by molar-refractivity contribution is 6.06. The number of methoxy groups -OCH3 is 1. The van der Waals surface area contributed by atoms with Crippen LogP contribution >= 0.6 is 0 Å². The molecule has 4 nitrogen and oxygen atoms in total. The number of rotatable bonds is 6. The number of ketones is 1. The van der Waals surface area contributed by atoms with Gasteiger partial charge in [0.25, 0.3) is 0 Å². The Morgan fingerprint density at radius 3 is 2.57 bits per heavy atom. The highest BCUT2D eigenvalue weighted by atomic mass is 16.5. The molecule has 0 unspecified atom stereocenters. The molecule has 4 heteroatoms. The number of nitriles is 1. The molecule has 0 aromatic heterocycles. The van der Waals surface area contributed by atoms with Crippen LogP contribution in [-0.2, 0) is 0 Å². The molecule has 2 aromatic carbocycles. The van der Waals surface area contributed by atoms with Crippen LogP contribution in [0.5, 0.6) is 11.5 Å². The fourth-order valence-electron chi connectivity index (χ4n) is 2.00. The number of carbonyl (C=O) groups excluding carboxylic acids is 1. The predicted molar refractivity (Wildman–Crippen MR) is 88.6 cm³/mol. The van der Waals surface area contributed by atoms with E-state index in [2.05, 4.69) is 0 Å². The second-order valence-corrected chi connectivity index (χ2v) is 4.92. The predicted octanol–water partition coefficient (Wildman–Crippen LogP) is 3.80. The standard InChI is InChI=1S/C19H17NO3/c1-14-3-7-16(8-4-14)17(21)9-5-15-6-10-18(23-12-11-20)19(13-15)22-2/h3-10,13H,12H2,1-2H3/b9-5+. The summed E-state index contributed by atoms with van der Waals surface area (Å²) in [4.78, 5) is 12.1. The Bertz CT molecular complexity index is 755. The van der Waals surface area contributed by atoms with Crippen molar-refractivity contribution in [2.45, 2.75) is 6.92 Å². The first-order valence-electron chi connectivity index (χ1n) is 7.11. The summed E-state index contributed by atoms with van der Waals surface area (Å²) in [6, 6.07) is 14.6. The first-order chi connectivity index (χ1) is 11.1. The molecule has 2 aromatic rings. The van der Waals surface area contributed by atoms with Crippen molar-refractivity contribution in [2.24, 2.45) is 0 Å². The molecule has 0 aliphatic carbocycles. The third kappa shape index (κ3) is 4.45. The summed E-state index contributed by atoms with van der Waals surface area (Å²) in [5.74, 6) is 0.954. The number of hydrogen-bond acceptors (Lipinski definition) is 4. The van der Waals surface area contributed by atoms with Crippen molar-refractivity contribution in [2.75, 3.05) is 13.7 Å². The van der Waals surface area contributed by atoms with Gasteiger partial charge < -0.3 is 9.47 Å². The summed E-state index contributed by atoms with van der Waals surface area (Å²) < 4.78 is 10.5. The lowest BCUT2D eigenvalue weighted by molar-refractivity contribution is 0.104. The van der Waals surface area contributed by atoms with Crippen molar-refractivity contribution in [3.05, 3.63) is 65.2 Å². The zero-order chi connectivity index (χ0) is 16.7. The average Bonchev–Trinajstić information content (AvgIpc) is 2.58. The van der Waals surface area contributed by atoms with Crippen molar-refractivity contribution in [1.82, 2.24) is 0 Å². The normalized spacial score (nSPS) is 10.3. The monoisotopic (exact) mass is 307 g/mol. The Morgan fingerprint density at radius 1 is 1.17 bits per heavy atom. The maximum absolute atomic E-state index is 12.1. The molecule has 0 saturated heterocycles. The Balaban J connectivity index is 2.14. The lowest BCUT2D eigenvalue weighted by atomic mass is 10.1. The van der Waals surface area contributed by atoms with E-state index in [1.807, 2.05) is 25.1 Å². The van der Waals surface area contributed by atoms with Gasteiger partial charge in [0.15, 0.2) is 23.9 Å². The molecule has 116 valence electrons. The topological polar surface area (TPSA) is 59.3 Å². The van der Waals surface area contributed by atoms with E-state index in [0.29, 0.717) is 17.1 Å². The van der Waals surface area contributed by atoms with Gasteiger partial charge in [0.2, 0.25) is 0 Å². The van der Waals surface area contributed by atoms with Gasteiger partial charge in [-0.3, -0.25) is 4.79 Å². The van der Waals surface area contributed by atoms with Crippen LogP contribution < -0.4 is 9.47 Å². The highest BCUT2D eigenvalue weighted by Gasteiger charge is 2.05. The molecule has 0 radical (unpaired) electrons. The van der Waals surface area contributed by atoms with Crippen LogP contribution in [0.25, 0.3) is 6.08 Å². The molecule has 0 bridgehead atoms. The van der Waals surface area contributed by atoms with E-state index >= 15 is 0 Å². The van der Waals surface area contributed by atoms with E-state index < -0.39 is 0 Å². The first-order valence-corrected chi connectivity index (χ1v) is 7.11. The largest absolute Gasteiger partial charge is 0.493 e. The quantitative estimate of drug-likeness (QED) is 0.601. The molecule has 23 heavy (non-hydrogen) atoms. The molecule has 2 rings (SSSR count). The van der Waals surface area contributed by atoms with E-state index in [4.69, 9.17) is 14.7 Å². The minimum absolute atomic E-state index is 0.0442. The minimum Gasteiger partial charge on any atom is -0.493 e. The number of allylic oxidation sites excluding steroid dienone is 1. The summed E-state index contributed by atoms with van der Waals surface area (Å²) >= 11 is 0. The van der Waals surface area contributed by atoms with E-state index in [9.17, 15) is 4.79 Å². The number of benzene rings is 2. The number of aryl methyl sites for hydroxylation is 1. The van der Waals surface area contributed by atoms with Crippen molar-refractivity contribution in [1.29, 1.82) is 5.26 Å². The lowest BCUT2D eigenvalue weighted by Crippen LogP contribution is -1.97. The summed E-state index contributed by atoms with van der Waals surface area (Å²) in [5, 5.41) is 8.55. The van der Waals surface area contributed by atoms with Crippen LogP contribution in [0.15, 0.2) is 48.5 Å². The van der Waals surface area contributed by atoms with Crippen LogP contribution in [0.4, 0.5) is 0 Å². The second-order valence-electron chi connectivity index (χ2n) is 4.92. The van der Waals surface area contributed by atoms with Gasteiger partial charge in [0.05, 0.1) is 7.11 Å². The van der Waals surface area contributed by atoms with Gasteiger partial charge >= 0.3 is 0 Å². The highest BCUT2D eigenvalue weighted by Crippen LogP contribution is 2.28. The number of ether oxygens (including phenoxy) is 2. The van der Waals surface area contributed by atoms with E-state index in [1.54, 1.807) is 36.4 Å². The summed E-state index contributed by atoms with van der Waals surface area (Å²) in [6.07, 6.45) is 3.24. The second kappa shape index (κ2) is 7.81. The molecular weight excluding hydrogens is 290 g/mol. The minimum atomic E-state index is -0.0613. The SMILES string of the molecule is COc1cc(/C=C/C(=O)c2ccc(C)cc2)ccc1OCC#N. The van der Waals surface area contributed by atoms with Gasteiger partial charge in [-0.2, -0.15) is 5.26 Å². The molecule has 0 amide bonds. The zero-order valence-corrected chi connectivity index (χ0v) is 13.1. The van der Waals surface area contributed by atoms with Crippen molar-refractivity contribution < 1.29 is 14.3 Å². The zero-order valence-electron chi connectivity index (χ0n) is 13.1. The molecule has 0 heterocycles. The maximum Gasteiger partial charge on any atom is 0.185 e. The summed E-state index contributed by atoms with van der Waals surface area (Å²) in [6.45, 7) is 1.93. The molecule has 0 fully saturated rings. The van der Waals surface area contributed by atoms with Crippen LogP contribution in [-0.4, -0.2) is 19.5 Å². The summed E-state index contributed by atoms with van der Waals surface area (Å²) in [7, 11) is 1.53. The van der Waals surface area contributed by atoms with Gasteiger partial charge in [-0.05, 0) is 30.7 Å². The van der Waals surface area contributed by atoms with Crippen molar-refractivity contribution >= 4 is 11.9 Å². The fraction of sp³-hybridized carbons (Fsp3) is 0.158. The van der Waals surface area contributed by atoms with Gasteiger partial charge in [0.1, 0.15) is 6.07 Å². The molecular formula is C19H17NO3. The van der Waals surface area contributed by atoms with Gasteiger partial charge in [-0.1, -0.05) is 42.0 Å². The van der Waals surface area contributed by atoms with Gasteiger partial charge in [-0.15, -0.1) is 0 Å². The Morgan fingerprint density at radius 2 is 1.91 bits per heavy atom. The van der Waals surface area contributed by atoms with Crippen molar-refractivity contribution in [3.8, 4) is 17.6 Å². The molecule has 0 aliphatic heterocycles. The van der Waals surface area contributed by atoms with Gasteiger partial charge in [0, 0.05) is 5.56 Å². The Labute approximate surface area is 135 Å². The lowest BCUT2D eigenvalue weighted by Gasteiger charge is -2.08. The molecule has 0 spiro atoms. The van der Waals surface area contributed by atoms with E-state index in [-0.39, 0.29) is 12.4 Å². The maximum atomic E-state index is 12.1. The average molecular weight is 307 g/mol. The summed E-state index contributed by atoms with van der Waals surface area (Å²) in [5.41, 5.74) is 2.57. The van der Waals surface area contributed by atoms with Crippen molar-refractivity contribution in [3.63, 3.8) is 0 Å². The molecule has 0 aliphatic rings. The third-order valence-electron chi connectivity index (χ3n) is 3.24. The van der Waals surface area contributed by atoms with Crippen LogP contribution in [0.1, 0.15) is 21.5 Å². The van der Waals surface area contributed by atoms with Crippen LogP contribution in [0.2, 0.25) is 0 Å². The molecule has 0 atom stereocenters. The first kappa shape index (κ1) is 16.3. The van der Waals surface area contributed by atoms with E-state index in [0.717, 1.165) is 11.1 Å². The van der Waals surface area contributed by atoms with Crippen LogP contribution in [0.3, 0.4) is 0 Å².